The zero-order chi connectivity index (χ0) is 24.0. The predicted molar refractivity (Wildman–Crippen MR) is 125 cm³/mol. The lowest BCUT2D eigenvalue weighted by Crippen LogP contribution is -2.45. The molecule has 0 bridgehead atoms. The molecule has 9 nitrogen and oxygen atoms in total. The SMILES string of the molecule is Cc1cc(F)c(COc2nsc(NC(=O)NCCCN3CCN(C)CC3)c2C(=O)O)cc1Cl. The minimum atomic E-state index is -1.31. The second-order valence-electron chi connectivity index (χ2n) is 7.86. The van der Waals surface area contributed by atoms with Crippen LogP contribution in [-0.2, 0) is 6.61 Å². The number of ether oxygens (including phenoxy) is 1. The summed E-state index contributed by atoms with van der Waals surface area (Å²) in [6.45, 7) is 6.83. The zero-order valence-corrected chi connectivity index (χ0v) is 20.1. The van der Waals surface area contributed by atoms with Crippen LogP contribution in [0.5, 0.6) is 5.88 Å². The lowest BCUT2D eigenvalue weighted by Gasteiger charge is -2.32. The number of carboxylic acids is 1. The third kappa shape index (κ3) is 7.00. The molecule has 0 aliphatic carbocycles. The van der Waals surface area contributed by atoms with E-state index < -0.39 is 17.8 Å². The summed E-state index contributed by atoms with van der Waals surface area (Å²) in [6, 6.07) is 2.18. The van der Waals surface area contributed by atoms with E-state index in [0.29, 0.717) is 17.1 Å². The molecule has 1 saturated heterocycles. The van der Waals surface area contributed by atoms with Gasteiger partial charge in [-0.25, -0.2) is 14.0 Å². The Balaban J connectivity index is 1.52. The van der Waals surface area contributed by atoms with Gasteiger partial charge in [0.1, 0.15) is 17.4 Å². The molecule has 2 amide bonds. The molecule has 1 aliphatic rings. The molecular weight excluding hydrogens is 473 g/mol. The summed E-state index contributed by atoms with van der Waals surface area (Å²) in [5.41, 5.74) is 0.465. The number of hydrogen-bond acceptors (Lipinski definition) is 7. The third-order valence-corrected chi connectivity index (χ3v) is 6.48. The number of carbonyl (C=O) groups excluding carboxylic acids is 1. The molecule has 0 unspecified atom stereocenters. The molecule has 0 spiro atoms. The average molecular weight is 500 g/mol. The molecule has 1 fully saturated rings. The summed E-state index contributed by atoms with van der Waals surface area (Å²) in [5.74, 6) is -2.03. The van der Waals surface area contributed by atoms with E-state index in [2.05, 4.69) is 31.9 Å². The number of carbonyl (C=O) groups is 2. The number of nitrogens with zero attached hydrogens (tertiary/aromatic N) is 3. The van der Waals surface area contributed by atoms with Gasteiger partial charge in [-0.1, -0.05) is 11.6 Å². The van der Waals surface area contributed by atoms with Crippen LogP contribution in [0.15, 0.2) is 12.1 Å². The number of aromatic carboxylic acids is 1. The van der Waals surface area contributed by atoms with Crippen molar-refractivity contribution >= 4 is 40.1 Å². The first-order valence-corrected chi connectivity index (χ1v) is 11.7. The van der Waals surface area contributed by atoms with Gasteiger partial charge in [0.25, 0.3) is 0 Å². The number of aromatic nitrogens is 1. The molecule has 1 aromatic heterocycles. The summed E-state index contributed by atoms with van der Waals surface area (Å²) < 4.78 is 23.5. The highest BCUT2D eigenvalue weighted by molar-refractivity contribution is 7.11. The minimum absolute atomic E-state index is 0.0384. The van der Waals surface area contributed by atoms with Crippen molar-refractivity contribution in [1.29, 1.82) is 0 Å². The third-order valence-electron chi connectivity index (χ3n) is 5.33. The average Bonchev–Trinajstić information content (AvgIpc) is 3.16. The first kappa shape index (κ1) is 25.2. The van der Waals surface area contributed by atoms with E-state index in [1.54, 1.807) is 6.92 Å². The molecule has 2 heterocycles. The minimum Gasteiger partial charge on any atom is -0.477 e. The molecular formula is C21H27ClFN5O4S. The molecule has 0 radical (unpaired) electrons. The van der Waals surface area contributed by atoms with Crippen molar-refractivity contribution in [3.8, 4) is 5.88 Å². The number of halogens is 2. The second kappa shape index (κ2) is 11.6. The highest BCUT2D eigenvalue weighted by Crippen LogP contribution is 2.31. The number of carboxylic acid groups (broad SMARTS) is 1. The largest absolute Gasteiger partial charge is 0.477 e. The van der Waals surface area contributed by atoms with Gasteiger partial charge in [-0.15, -0.1) is 0 Å². The summed E-state index contributed by atoms with van der Waals surface area (Å²) in [6.07, 6.45) is 0.782. The van der Waals surface area contributed by atoms with Crippen LogP contribution < -0.4 is 15.4 Å². The van der Waals surface area contributed by atoms with Gasteiger partial charge in [-0.3, -0.25) is 5.32 Å². The van der Waals surface area contributed by atoms with Crippen molar-refractivity contribution in [3.05, 3.63) is 39.7 Å². The molecule has 1 aliphatic heterocycles. The van der Waals surface area contributed by atoms with Crippen LogP contribution in [0.1, 0.15) is 27.9 Å². The Bertz CT molecular complexity index is 997. The summed E-state index contributed by atoms with van der Waals surface area (Å²) in [5, 5.41) is 15.2. The van der Waals surface area contributed by atoms with Crippen LogP contribution in [0.25, 0.3) is 0 Å². The van der Waals surface area contributed by atoms with Gasteiger partial charge in [0, 0.05) is 43.3 Å². The molecule has 3 rings (SSSR count). The normalized spacial score (nSPS) is 14.8. The molecule has 3 N–H and O–H groups in total. The van der Waals surface area contributed by atoms with E-state index in [-0.39, 0.29) is 28.6 Å². The Morgan fingerprint density at radius 2 is 2.03 bits per heavy atom. The van der Waals surface area contributed by atoms with Gasteiger partial charge in [-0.05, 0) is 56.2 Å². The Morgan fingerprint density at radius 3 is 2.73 bits per heavy atom. The van der Waals surface area contributed by atoms with Crippen LogP contribution in [-0.4, -0.2) is 77.6 Å². The van der Waals surface area contributed by atoms with Crippen molar-refractivity contribution in [1.82, 2.24) is 19.5 Å². The topological polar surface area (TPSA) is 107 Å². The summed E-state index contributed by atoms with van der Waals surface area (Å²) in [4.78, 5) is 28.6. The maximum Gasteiger partial charge on any atom is 0.344 e. The van der Waals surface area contributed by atoms with E-state index in [9.17, 15) is 19.1 Å². The molecule has 0 atom stereocenters. The van der Waals surface area contributed by atoms with E-state index in [1.165, 1.54) is 12.1 Å². The fourth-order valence-electron chi connectivity index (χ4n) is 3.32. The van der Waals surface area contributed by atoms with Gasteiger partial charge in [0.05, 0.1) is 0 Å². The van der Waals surface area contributed by atoms with Gasteiger partial charge in [0.2, 0.25) is 5.88 Å². The highest BCUT2D eigenvalue weighted by atomic mass is 35.5. The lowest BCUT2D eigenvalue weighted by atomic mass is 10.1. The van der Waals surface area contributed by atoms with Crippen molar-refractivity contribution < 1.29 is 23.8 Å². The van der Waals surface area contributed by atoms with Gasteiger partial charge >= 0.3 is 12.0 Å². The fraction of sp³-hybridized carbons (Fsp3) is 0.476. The van der Waals surface area contributed by atoms with Gasteiger partial charge in [-0.2, -0.15) is 4.37 Å². The van der Waals surface area contributed by atoms with Crippen LogP contribution in [0.4, 0.5) is 14.2 Å². The highest BCUT2D eigenvalue weighted by Gasteiger charge is 2.24. The van der Waals surface area contributed by atoms with Crippen LogP contribution in [0.3, 0.4) is 0 Å². The molecule has 180 valence electrons. The summed E-state index contributed by atoms with van der Waals surface area (Å²) in [7, 11) is 2.10. The second-order valence-corrected chi connectivity index (χ2v) is 9.04. The number of piperazine rings is 1. The first-order valence-electron chi connectivity index (χ1n) is 10.5. The van der Waals surface area contributed by atoms with Crippen LogP contribution in [0, 0.1) is 12.7 Å². The van der Waals surface area contributed by atoms with Crippen molar-refractivity contribution in [3.63, 3.8) is 0 Å². The Kier molecular flexibility index (Phi) is 8.84. The van der Waals surface area contributed by atoms with Crippen LogP contribution in [0.2, 0.25) is 5.02 Å². The van der Waals surface area contributed by atoms with E-state index in [4.69, 9.17) is 16.3 Å². The maximum atomic E-state index is 14.1. The molecule has 33 heavy (non-hydrogen) atoms. The quantitative estimate of drug-likeness (QED) is 0.454. The summed E-state index contributed by atoms with van der Waals surface area (Å²) >= 11 is 6.80. The monoisotopic (exact) mass is 499 g/mol. The lowest BCUT2D eigenvalue weighted by molar-refractivity contribution is 0.0693. The standard InChI is InChI=1S/C21H27ClFN5O4S/c1-13-10-16(23)14(11-15(13)22)12-32-18-17(20(29)30)19(33-26-18)25-21(31)24-4-3-5-28-8-6-27(2)7-9-28/h10-11H,3-9,12H2,1-2H3,(H,29,30)(H2,24,25,31). The number of likely N-dealkylation sites (N-methyl/N-ethyl adjacent to an activating group) is 1. The molecule has 0 saturated carbocycles. The van der Waals surface area contributed by atoms with Gasteiger partial charge < -0.3 is 25.0 Å². The first-order chi connectivity index (χ1) is 15.7. The fourth-order valence-corrected chi connectivity index (χ4v) is 4.22. The van der Waals surface area contributed by atoms with E-state index in [1.807, 2.05) is 0 Å². The number of amides is 2. The molecule has 2 aromatic rings. The van der Waals surface area contributed by atoms with Crippen molar-refractivity contribution in [2.45, 2.75) is 20.0 Å². The maximum absolute atomic E-state index is 14.1. The van der Waals surface area contributed by atoms with Gasteiger partial charge in [0.15, 0.2) is 5.56 Å². The number of aryl methyl sites for hydroxylation is 1. The van der Waals surface area contributed by atoms with E-state index in [0.717, 1.165) is 50.7 Å². The number of nitrogens with one attached hydrogen (secondary N) is 2. The zero-order valence-electron chi connectivity index (χ0n) is 18.5. The number of anilines is 1. The molecule has 1 aromatic carbocycles. The number of urea groups is 1. The number of rotatable bonds is 9. The van der Waals surface area contributed by atoms with E-state index >= 15 is 0 Å². The van der Waals surface area contributed by atoms with Crippen LogP contribution >= 0.6 is 23.1 Å². The van der Waals surface area contributed by atoms with Crippen molar-refractivity contribution in [2.24, 2.45) is 0 Å². The predicted octanol–water partition coefficient (Wildman–Crippen LogP) is 3.28. The number of benzene rings is 1. The Morgan fingerprint density at radius 1 is 1.30 bits per heavy atom. The molecule has 12 heteroatoms. The Hall–Kier alpha value is -2.47. The smallest absolute Gasteiger partial charge is 0.344 e. The Labute approximate surface area is 200 Å². The number of hydrogen-bond donors (Lipinski definition) is 3. The van der Waals surface area contributed by atoms with Crippen molar-refractivity contribution in [2.75, 3.05) is 51.6 Å².